The number of aryl methyl sites for hydroxylation is 1. The number of hydrogen-bond acceptors (Lipinski definition) is 7. The van der Waals surface area contributed by atoms with Crippen LogP contribution in [0.1, 0.15) is 12.3 Å². The quantitative estimate of drug-likeness (QED) is 0.781. The van der Waals surface area contributed by atoms with Crippen LogP contribution >= 0.6 is 11.8 Å². The van der Waals surface area contributed by atoms with Crippen LogP contribution in [0.25, 0.3) is 0 Å². The largest absolute Gasteiger partial charge is 0.488 e. The van der Waals surface area contributed by atoms with E-state index >= 15 is 0 Å². The van der Waals surface area contributed by atoms with Crippen LogP contribution in [0.3, 0.4) is 0 Å². The van der Waals surface area contributed by atoms with Gasteiger partial charge in [0.15, 0.2) is 0 Å². The smallest absolute Gasteiger partial charge is 0.277 e. The van der Waals surface area contributed by atoms with E-state index in [4.69, 9.17) is 13.9 Å². The molecule has 1 fully saturated rings. The fraction of sp³-hybridized carbons (Fsp3) is 0.438. The number of aromatic nitrogens is 2. The van der Waals surface area contributed by atoms with Gasteiger partial charge in [0.05, 0.1) is 25.0 Å². The minimum absolute atomic E-state index is 0.144. The lowest BCUT2D eigenvalue weighted by Crippen LogP contribution is -2.52. The second-order valence-electron chi connectivity index (χ2n) is 5.53. The third-order valence-electron chi connectivity index (χ3n) is 3.56. The molecule has 0 aliphatic carbocycles. The summed E-state index contributed by atoms with van der Waals surface area (Å²) in [6.45, 7) is 2.56. The Hall–Kier alpha value is -2.13. The Balaban J connectivity index is 1.54. The lowest BCUT2D eigenvalue weighted by atomic mass is 10.1. The number of carbonyl (C=O) groups excluding carboxylic acids is 1. The number of ether oxygens (including phenoxy) is 2. The zero-order valence-electron chi connectivity index (χ0n) is 13.6. The maximum Gasteiger partial charge on any atom is 0.277 e. The SMILES string of the molecule is Cc1nnc(SCC(=O)N[C@@H]2COCC[C@@H]2Oc2cccc(F)c2)o1. The molecule has 1 aromatic heterocycles. The molecule has 0 spiro atoms. The van der Waals surface area contributed by atoms with E-state index in [1.54, 1.807) is 19.1 Å². The lowest BCUT2D eigenvalue weighted by Gasteiger charge is -2.32. The average Bonchev–Trinajstić information content (AvgIpc) is 3.00. The molecule has 3 rings (SSSR count). The fourth-order valence-electron chi connectivity index (χ4n) is 2.42. The summed E-state index contributed by atoms with van der Waals surface area (Å²) in [4.78, 5) is 12.2. The van der Waals surface area contributed by atoms with Crippen molar-refractivity contribution in [2.75, 3.05) is 19.0 Å². The van der Waals surface area contributed by atoms with Crippen molar-refractivity contribution < 1.29 is 23.1 Å². The summed E-state index contributed by atoms with van der Waals surface area (Å²) in [5.41, 5.74) is 0. The Morgan fingerprint density at radius 1 is 1.48 bits per heavy atom. The van der Waals surface area contributed by atoms with Crippen molar-refractivity contribution in [2.24, 2.45) is 0 Å². The molecule has 1 aromatic carbocycles. The normalized spacial score (nSPS) is 20.2. The molecule has 0 bridgehead atoms. The Bertz CT molecular complexity index is 727. The Morgan fingerprint density at radius 2 is 2.36 bits per heavy atom. The summed E-state index contributed by atoms with van der Waals surface area (Å²) in [5, 5.41) is 10.8. The first-order chi connectivity index (χ1) is 12.1. The zero-order chi connectivity index (χ0) is 17.6. The first-order valence-corrected chi connectivity index (χ1v) is 8.81. The Kier molecular flexibility index (Phi) is 5.87. The topological polar surface area (TPSA) is 86.5 Å². The molecule has 0 radical (unpaired) electrons. The van der Waals surface area contributed by atoms with Gasteiger partial charge in [-0.15, -0.1) is 10.2 Å². The average molecular weight is 367 g/mol. The first-order valence-electron chi connectivity index (χ1n) is 7.82. The van der Waals surface area contributed by atoms with Gasteiger partial charge in [0.2, 0.25) is 11.8 Å². The van der Waals surface area contributed by atoms with E-state index in [0.717, 1.165) is 11.8 Å². The van der Waals surface area contributed by atoms with Crippen LogP contribution in [-0.4, -0.2) is 47.2 Å². The molecule has 0 unspecified atom stereocenters. The number of carbonyl (C=O) groups is 1. The number of hydrogen-bond donors (Lipinski definition) is 1. The van der Waals surface area contributed by atoms with Crippen LogP contribution in [0, 0.1) is 12.7 Å². The Morgan fingerprint density at radius 3 is 3.12 bits per heavy atom. The molecule has 2 aromatic rings. The minimum Gasteiger partial charge on any atom is -0.488 e. The van der Waals surface area contributed by atoms with Gasteiger partial charge in [-0.1, -0.05) is 17.8 Å². The standard InChI is InChI=1S/C16H18FN3O4S/c1-10-19-20-16(23-10)25-9-15(21)18-13-8-22-6-5-14(13)24-12-4-2-3-11(17)7-12/h2-4,7,13-14H,5-6,8-9H2,1H3,(H,18,21)/t13-,14+/m1/s1. The van der Waals surface area contributed by atoms with Crippen molar-refractivity contribution in [3.05, 3.63) is 36.0 Å². The maximum atomic E-state index is 13.3. The molecule has 25 heavy (non-hydrogen) atoms. The second-order valence-corrected chi connectivity index (χ2v) is 6.45. The summed E-state index contributed by atoms with van der Waals surface area (Å²) >= 11 is 1.16. The van der Waals surface area contributed by atoms with E-state index < -0.39 is 0 Å². The molecule has 1 N–H and O–H groups in total. The van der Waals surface area contributed by atoms with E-state index in [1.807, 2.05) is 0 Å². The molecule has 7 nitrogen and oxygen atoms in total. The van der Waals surface area contributed by atoms with Gasteiger partial charge in [0.25, 0.3) is 5.22 Å². The van der Waals surface area contributed by atoms with Gasteiger partial charge >= 0.3 is 0 Å². The van der Waals surface area contributed by atoms with E-state index in [-0.39, 0.29) is 29.6 Å². The number of amides is 1. The van der Waals surface area contributed by atoms with Gasteiger partial charge in [-0.3, -0.25) is 4.79 Å². The van der Waals surface area contributed by atoms with Gasteiger partial charge < -0.3 is 19.2 Å². The maximum absolute atomic E-state index is 13.3. The molecule has 0 saturated carbocycles. The Labute approximate surface area is 148 Å². The molecular weight excluding hydrogens is 349 g/mol. The number of nitrogens with zero attached hydrogens (tertiary/aromatic N) is 2. The van der Waals surface area contributed by atoms with Crippen LogP contribution in [0.15, 0.2) is 33.9 Å². The van der Waals surface area contributed by atoms with Crippen molar-refractivity contribution in [2.45, 2.75) is 30.7 Å². The van der Waals surface area contributed by atoms with Crippen LogP contribution in [0.4, 0.5) is 4.39 Å². The molecular formula is C16H18FN3O4S. The van der Waals surface area contributed by atoms with Crippen LogP contribution in [-0.2, 0) is 9.53 Å². The van der Waals surface area contributed by atoms with Gasteiger partial charge in [-0.2, -0.15) is 0 Å². The summed E-state index contributed by atoms with van der Waals surface area (Å²) in [6, 6.07) is 5.63. The number of thioether (sulfide) groups is 1. The highest BCUT2D eigenvalue weighted by atomic mass is 32.2. The molecule has 9 heteroatoms. The number of halogens is 1. The van der Waals surface area contributed by atoms with Crippen molar-refractivity contribution in [3.63, 3.8) is 0 Å². The summed E-state index contributed by atoms with van der Waals surface area (Å²) in [7, 11) is 0. The minimum atomic E-state index is -0.364. The monoisotopic (exact) mass is 367 g/mol. The van der Waals surface area contributed by atoms with Crippen LogP contribution < -0.4 is 10.1 Å². The highest BCUT2D eigenvalue weighted by Crippen LogP contribution is 2.20. The number of rotatable bonds is 6. The van der Waals surface area contributed by atoms with Crippen molar-refractivity contribution in [1.82, 2.24) is 15.5 Å². The molecule has 1 aliphatic rings. The molecule has 2 heterocycles. The van der Waals surface area contributed by atoms with Crippen LogP contribution in [0.5, 0.6) is 5.75 Å². The van der Waals surface area contributed by atoms with Gasteiger partial charge in [-0.05, 0) is 12.1 Å². The van der Waals surface area contributed by atoms with Gasteiger partial charge in [0.1, 0.15) is 17.7 Å². The number of benzene rings is 1. The summed E-state index contributed by atoms with van der Waals surface area (Å²) in [5.74, 6) is 0.472. The van der Waals surface area contributed by atoms with Crippen molar-refractivity contribution >= 4 is 17.7 Å². The second kappa shape index (κ2) is 8.30. The zero-order valence-corrected chi connectivity index (χ0v) is 14.4. The van der Waals surface area contributed by atoms with Crippen molar-refractivity contribution in [1.29, 1.82) is 0 Å². The molecule has 134 valence electrons. The predicted octanol–water partition coefficient (Wildman–Crippen LogP) is 1.96. The first kappa shape index (κ1) is 17.7. The lowest BCUT2D eigenvalue weighted by molar-refractivity contribution is -0.121. The molecule has 1 saturated heterocycles. The van der Waals surface area contributed by atoms with Gasteiger partial charge in [0, 0.05) is 19.4 Å². The molecule has 1 aliphatic heterocycles. The fourth-order valence-corrected chi connectivity index (χ4v) is 3.04. The van der Waals surface area contributed by atoms with Crippen LogP contribution in [0.2, 0.25) is 0 Å². The number of nitrogens with one attached hydrogen (secondary N) is 1. The molecule has 1 amide bonds. The van der Waals surface area contributed by atoms with Gasteiger partial charge in [-0.25, -0.2) is 4.39 Å². The highest BCUT2D eigenvalue weighted by Gasteiger charge is 2.29. The van der Waals surface area contributed by atoms with E-state index in [2.05, 4.69) is 15.5 Å². The summed E-state index contributed by atoms with van der Waals surface area (Å²) in [6.07, 6.45) is 0.326. The highest BCUT2D eigenvalue weighted by molar-refractivity contribution is 7.99. The van der Waals surface area contributed by atoms with E-state index in [1.165, 1.54) is 12.1 Å². The van der Waals surface area contributed by atoms with E-state index in [0.29, 0.717) is 36.5 Å². The summed E-state index contributed by atoms with van der Waals surface area (Å²) < 4.78 is 29.8. The molecule has 2 atom stereocenters. The third kappa shape index (κ3) is 5.17. The van der Waals surface area contributed by atoms with E-state index in [9.17, 15) is 9.18 Å². The third-order valence-corrected chi connectivity index (χ3v) is 4.38. The van der Waals surface area contributed by atoms with Crippen molar-refractivity contribution in [3.8, 4) is 5.75 Å². The predicted molar refractivity (Wildman–Crippen MR) is 87.9 cm³/mol.